The normalized spacial score (nSPS) is 20.8. The number of carbonyl (C=O) groups excluding carboxylic acids is 1. The van der Waals surface area contributed by atoms with Gasteiger partial charge in [0.05, 0.1) is 11.5 Å². The standard InChI is InChI=1S/C14H15Cl2NO3S/c1-17(10-7-8-21(19,20)9-10)14(18)6-5-11-12(15)3-2-4-13(11)16/h2-6,10H,7-9H2,1H3/b6-5+. The number of benzene rings is 1. The van der Waals surface area contributed by atoms with Crippen LogP contribution in [-0.4, -0.2) is 43.8 Å². The first kappa shape index (κ1) is 16.3. The molecule has 1 fully saturated rings. The van der Waals surface area contributed by atoms with Gasteiger partial charge in [0.1, 0.15) is 0 Å². The molecule has 0 saturated carbocycles. The van der Waals surface area contributed by atoms with Crippen molar-refractivity contribution in [2.45, 2.75) is 12.5 Å². The van der Waals surface area contributed by atoms with Crippen LogP contribution in [0.2, 0.25) is 10.0 Å². The SMILES string of the molecule is CN(C(=O)/C=C/c1c(Cl)cccc1Cl)C1CCS(=O)(=O)C1. The van der Waals surface area contributed by atoms with Crippen molar-refractivity contribution < 1.29 is 13.2 Å². The molecule has 1 amide bonds. The highest BCUT2D eigenvalue weighted by atomic mass is 35.5. The van der Waals surface area contributed by atoms with Crippen molar-refractivity contribution in [2.24, 2.45) is 0 Å². The zero-order chi connectivity index (χ0) is 15.6. The summed E-state index contributed by atoms with van der Waals surface area (Å²) in [7, 11) is -1.41. The summed E-state index contributed by atoms with van der Waals surface area (Å²) >= 11 is 12.0. The van der Waals surface area contributed by atoms with E-state index in [-0.39, 0.29) is 23.5 Å². The molecule has 0 radical (unpaired) electrons. The third-order valence-electron chi connectivity index (χ3n) is 3.50. The molecule has 0 spiro atoms. The van der Waals surface area contributed by atoms with Crippen LogP contribution in [-0.2, 0) is 14.6 Å². The van der Waals surface area contributed by atoms with Gasteiger partial charge in [-0.15, -0.1) is 0 Å². The number of nitrogens with zero attached hydrogens (tertiary/aromatic N) is 1. The Morgan fingerprint density at radius 3 is 2.48 bits per heavy atom. The molecule has 1 aliphatic rings. The van der Waals surface area contributed by atoms with E-state index in [1.807, 2.05) is 0 Å². The van der Waals surface area contributed by atoms with Crippen LogP contribution in [0.3, 0.4) is 0 Å². The van der Waals surface area contributed by atoms with Crippen molar-refractivity contribution in [2.75, 3.05) is 18.6 Å². The molecule has 1 aromatic rings. The number of carbonyl (C=O) groups is 1. The lowest BCUT2D eigenvalue weighted by Crippen LogP contribution is -2.36. The first-order valence-electron chi connectivity index (χ1n) is 6.39. The average Bonchev–Trinajstić information content (AvgIpc) is 2.77. The van der Waals surface area contributed by atoms with Crippen LogP contribution >= 0.6 is 23.2 Å². The Kier molecular flexibility index (Phi) is 4.96. The quantitative estimate of drug-likeness (QED) is 0.789. The number of hydrogen-bond donors (Lipinski definition) is 0. The zero-order valence-electron chi connectivity index (χ0n) is 11.4. The Balaban J connectivity index is 2.09. The highest BCUT2D eigenvalue weighted by molar-refractivity contribution is 7.91. The molecule has 1 aliphatic heterocycles. The summed E-state index contributed by atoms with van der Waals surface area (Å²) in [6.45, 7) is 0. The fourth-order valence-electron chi connectivity index (χ4n) is 2.20. The monoisotopic (exact) mass is 347 g/mol. The zero-order valence-corrected chi connectivity index (χ0v) is 13.7. The van der Waals surface area contributed by atoms with Crippen LogP contribution in [0.1, 0.15) is 12.0 Å². The first-order chi connectivity index (χ1) is 9.80. The smallest absolute Gasteiger partial charge is 0.246 e. The van der Waals surface area contributed by atoms with E-state index in [0.29, 0.717) is 22.0 Å². The third-order valence-corrected chi connectivity index (χ3v) is 5.91. The number of rotatable bonds is 3. The summed E-state index contributed by atoms with van der Waals surface area (Å²) in [6.07, 6.45) is 3.39. The summed E-state index contributed by atoms with van der Waals surface area (Å²) in [5, 5.41) is 0.912. The maximum absolute atomic E-state index is 12.1. The van der Waals surface area contributed by atoms with E-state index in [9.17, 15) is 13.2 Å². The van der Waals surface area contributed by atoms with Crippen molar-refractivity contribution in [3.63, 3.8) is 0 Å². The predicted molar refractivity (Wildman–Crippen MR) is 85.3 cm³/mol. The lowest BCUT2D eigenvalue weighted by Gasteiger charge is -2.21. The van der Waals surface area contributed by atoms with Crippen LogP contribution in [0.4, 0.5) is 0 Å². The molecule has 0 bridgehead atoms. The maximum Gasteiger partial charge on any atom is 0.246 e. The summed E-state index contributed by atoms with van der Waals surface area (Å²) < 4.78 is 22.9. The average molecular weight is 348 g/mol. The maximum atomic E-state index is 12.1. The lowest BCUT2D eigenvalue weighted by molar-refractivity contribution is -0.126. The number of likely N-dealkylation sites (N-methyl/N-ethyl adjacent to an activating group) is 1. The Labute approximate surface area is 134 Å². The molecule has 4 nitrogen and oxygen atoms in total. The van der Waals surface area contributed by atoms with E-state index in [2.05, 4.69) is 0 Å². The molecule has 0 aliphatic carbocycles. The largest absolute Gasteiger partial charge is 0.338 e. The van der Waals surface area contributed by atoms with Crippen LogP contribution in [0.15, 0.2) is 24.3 Å². The first-order valence-corrected chi connectivity index (χ1v) is 8.97. The number of hydrogen-bond acceptors (Lipinski definition) is 3. The van der Waals surface area contributed by atoms with Gasteiger partial charge >= 0.3 is 0 Å². The molecule has 1 aromatic carbocycles. The Morgan fingerprint density at radius 2 is 1.95 bits per heavy atom. The minimum absolute atomic E-state index is 0.0237. The summed E-state index contributed by atoms with van der Waals surface area (Å²) in [5.74, 6) is -0.112. The van der Waals surface area contributed by atoms with Gasteiger partial charge in [-0.2, -0.15) is 0 Å². The van der Waals surface area contributed by atoms with Gasteiger partial charge in [0, 0.05) is 34.8 Å². The van der Waals surface area contributed by atoms with E-state index in [4.69, 9.17) is 23.2 Å². The van der Waals surface area contributed by atoms with Gasteiger partial charge in [-0.1, -0.05) is 29.3 Å². The van der Waals surface area contributed by atoms with Gasteiger partial charge in [-0.3, -0.25) is 4.79 Å². The fraction of sp³-hybridized carbons (Fsp3) is 0.357. The van der Waals surface area contributed by atoms with Crippen LogP contribution in [0.5, 0.6) is 0 Å². The summed E-state index contributed by atoms with van der Waals surface area (Å²) in [6, 6.07) is 4.82. The van der Waals surface area contributed by atoms with E-state index in [1.165, 1.54) is 11.0 Å². The molecule has 21 heavy (non-hydrogen) atoms. The van der Waals surface area contributed by atoms with E-state index >= 15 is 0 Å². The highest BCUT2D eigenvalue weighted by Crippen LogP contribution is 2.25. The molecule has 1 heterocycles. The summed E-state index contributed by atoms with van der Waals surface area (Å²) in [5.41, 5.74) is 0.571. The van der Waals surface area contributed by atoms with Gasteiger partial charge in [0.25, 0.3) is 0 Å². The molecular formula is C14H15Cl2NO3S. The highest BCUT2D eigenvalue weighted by Gasteiger charge is 2.32. The van der Waals surface area contributed by atoms with Crippen molar-refractivity contribution in [1.82, 2.24) is 4.90 Å². The van der Waals surface area contributed by atoms with Crippen LogP contribution in [0, 0.1) is 0 Å². The minimum Gasteiger partial charge on any atom is -0.338 e. The molecule has 1 unspecified atom stereocenters. The fourth-order valence-corrected chi connectivity index (χ4v) is 4.50. The van der Waals surface area contributed by atoms with Gasteiger partial charge < -0.3 is 4.90 Å². The van der Waals surface area contributed by atoms with Crippen LogP contribution < -0.4 is 0 Å². The van der Waals surface area contributed by atoms with Crippen molar-refractivity contribution >= 4 is 45.0 Å². The van der Waals surface area contributed by atoms with Gasteiger partial charge in [0.2, 0.25) is 5.91 Å². The number of halogens is 2. The summed E-state index contributed by atoms with van der Waals surface area (Å²) in [4.78, 5) is 13.5. The molecule has 114 valence electrons. The topological polar surface area (TPSA) is 54.5 Å². The second-order valence-corrected chi connectivity index (χ2v) is 8.02. The van der Waals surface area contributed by atoms with Crippen molar-refractivity contribution in [3.8, 4) is 0 Å². The third kappa shape index (κ3) is 3.99. The van der Waals surface area contributed by atoms with Crippen molar-refractivity contribution in [1.29, 1.82) is 0 Å². The second kappa shape index (κ2) is 6.38. The van der Waals surface area contributed by atoms with Crippen LogP contribution in [0.25, 0.3) is 6.08 Å². The van der Waals surface area contributed by atoms with Crippen molar-refractivity contribution in [3.05, 3.63) is 39.9 Å². The number of amides is 1. The predicted octanol–water partition coefficient (Wildman–Crippen LogP) is 2.65. The van der Waals surface area contributed by atoms with Gasteiger partial charge in [-0.05, 0) is 24.6 Å². The lowest BCUT2D eigenvalue weighted by atomic mass is 10.2. The van der Waals surface area contributed by atoms with E-state index in [1.54, 1.807) is 31.3 Å². The molecule has 7 heteroatoms. The van der Waals surface area contributed by atoms with Gasteiger partial charge in [-0.25, -0.2) is 8.42 Å². The van der Waals surface area contributed by atoms with Gasteiger partial charge in [0.15, 0.2) is 9.84 Å². The Hall–Kier alpha value is -1.04. The molecule has 1 atom stereocenters. The molecular weight excluding hydrogens is 333 g/mol. The second-order valence-electron chi connectivity index (χ2n) is 4.97. The Morgan fingerprint density at radius 1 is 1.33 bits per heavy atom. The molecule has 0 N–H and O–H groups in total. The molecule has 0 aromatic heterocycles. The minimum atomic E-state index is -3.01. The molecule has 2 rings (SSSR count). The Bertz CT molecular complexity index is 665. The van der Waals surface area contributed by atoms with E-state index in [0.717, 1.165) is 0 Å². The number of sulfone groups is 1. The molecule has 1 saturated heterocycles. The van der Waals surface area contributed by atoms with E-state index < -0.39 is 9.84 Å².